The molecule has 110 valence electrons. The molecule has 0 amide bonds. The first-order valence-electron chi connectivity index (χ1n) is 7.43. The van der Waals surface area contributed by atoms with Crippen LogP contribution < -0.4 is 10.5 Å². The molecule has 20 heavy (non-hydrogen) atoms. The quantitative estimate of drug-likeness (QED) is 0.880. The van der Waals surface area contributed by atoms with Crippen molar-refractivity contribution in [3.8, 4) is 5.75 Å². The van der Waals surface area contributed by atoms with Gasteiger partial charge in [0, 0.05) is 17.5 Å². The van der Waals surface area contributed by atoms with Gasteiger partial charge in [0.25, 0.3) is 0 Å². The van der Waals surface area contributed by atoms with Crippen molar-refractivity contribution >= 4 is 0 Å². The fourth-order valence-corrected chi connectivity index (χ4v) is 3.54. The van der Waals surface area contributed by atoms with Crippen LogP contribution in [0.2, 0.25) is 0 Å². The van der Waals surface area contributed by atoms with E-state index in [-0.39, 0.29) is 12.2 Å². The molecule has 4 heteroatoms. The van der Waals surface area contributed by atoms with Crippen LogP contribution in [0.4, 0.5) is 0 Å². The first kappa shape index (κ1) is 13.9. The zero-order valence-corrected chi connectivity index (χ0v) is 11.9. The van der Waals surface area contributed by atoms with Crippen molar-refractivity contribution < 1.29 is 14.6 Å². The summed E-state index contributed by atoms with van der Waals surface area (Å²) in [6.45, 7) is 3.05. The number of fused-ring (bicyclic) bond motifs is 1. The van der Waals surface area contributed by atoms with Gasteiger partial charge in [-0.2, -0.15) is 0 Å². The molecule has 1 saturated heterocycles. The van der Waals surface area contributed by atoms with Crippen molar-refractivity contribution in [3.63, 3.8) is 0 Å². The van der Waals surface area contributed by atoms with Gasteiger partial charge in [-0.05, 0) is 32.3 Å². The minimum Gasteiger partial charge on any atom is -0.493 e. The molecule has 3 rings (SSSR count). The van der Waals surface area contributed by atoms with Crippen LogP contribution in [-0.2, 0) is 10.2 Å². The molecular weight excluding hydrogens is 254 g/mol. The van der Waals surface area contributed by atoms with E-state index < -0.39 is 11.5 Å². The number of rotatable bonds is 3. The Morgan fingerprint density at radius 2 is 2.20 bits per heavy atom. The maximum Gasteiger partial charge on any atom is 0.123 e. The minimum absolute atomic E-state index is 0.125. The smallest absolute Gasteiger partial charge is 0.123 e. The van der Waals surface area contributed by atoms with E-state index in [9.17, 15) is 5.11 Å². The lowest BCUT2D eigenvalue weighted by atomic mass is 9.69. The van der Waals surface area contributed by atoms with Gasteiger partial charge in [0.15, 0.2) is 0 Å². The first-order chi connectivity index (χ1) is 9.67. The molecule has 0 saturated carbocycles. The first-order valence-corrected chi connectivity index (χ1v) is 7.43. The summed E-state index contributed by atoms with van der Waals surface area (Å²) in [4.78, 5) is 0. The van der Waals surface area contributed by atoms with Gasteiger partial charge in [-0.25, -0.2) is 0 Å². The van der Waals surface area contributed by atoms with Crippen molar-refractivity contribution in [3.05, 3.63) is 29.8 Å². The summed E-state index contributed by atoms with van der Waals surface area (Å²) >= 11 is 0. The van der Waals surface area contributed by atoms with Crippen molar-refractivity contribution in [2.45, 2.75) is 49.9 Å². The highest BCUT2D eigenvalue weighted by molar-refractivity contribution is 5.43. The topological polar surface area (TPSA) is 64.7 Å². The van der Waals surface area contributed by atoms with Gasteiger partial charge in [0.05, 0.1) is 24.9 Å². The zero-order valence-electron chi connectivity index (χ0n) is 11.9. The maximum absolute atomic E-state index is 10.9. The normalized spacial score (nSPS) is 34.4. The van der Waals surface area contributed by atoms with Crippen LogP contribution in [-0.4, -0.2) is 36.6 Å². The predicted octanol–water partition coefficient (Wildman–Crippen LogP) is 1.59. The SMILES string of the molecule is CC1CCC(C(O)C2(CN)CCOc3ccccc32)O1. The molecule has 4 unspecified atom stereocenters. The number of para-hydroxylation sites is 1. The molecule has 4 nitrogen and oxygen atoms in total. The Labute approximate surface area is 119 Å². The minimum atomic E-state index is -0.581. The van der Waals surface area contributed by atoms with Gasteiger partial charge in [-0.3, -0.25) is 0 Å². The molecule has 0 aromatic heterocycles. The van der Waals surface area contributed by atoms with Crippen LogP contribution in [0.3, 0.4) is 0 Å². The Morgan fingerprint density at radius 1 is 1.40 bits per heavy atom. The lowest BCUT2D eigenvalue weighted by molar-refractivity contribution is -0.0700. The second-order valence-corrected chi connectivity index (χ2v) is 5.96. The van der Waals surface area contributed by atoms with Gasteiger partial charge in [-0.1, -0.05) is 18.2 Å². The molecule has 0 aliphatic carbocycles. The molecule has 2 aliphatic rings. The Bertz CT molecular complexity index is 479. The Balaban J connectivity index is 1.96. The van der Waals surface area contributed by atoms with E-state index in [1.54, 1.807) is 0 Å². The Hall–Kier alpha value is -1.10. The predicted molar refractivity (Wildman–Crippen MR) is 76.9 cm³/mol. The standard InChI is InChI=1S/C16H23NO3/c1-11-6-7-14(20-11)15(18)16(10-17)8-9-19-13-5-3-2-4-12(13)16/h2-5,11,14-15,18H,6-10,17H2,1H3. The van der Waals surface area contributed by atoms with Gasteiger partial charge in [0.1, 0.15) is 5.75 Å². The third-order valence-electron chi connectivity index (χ3n) is 4.78. The van der Waals surface area contributed by atoms with E-state index in [0.717, 1.165) is 30.6 Å². The summed E-state index contributed by atoms with van der Waals surface area (Å²) in [6, 6.07) is 7.89. The van der Waals surface area contributed by atoms with E-state index in [2.05, 4.69) is 6.92 Å². The fraction of sp³-hybridized carbons (Fsp3) is 0.625. The van der Waals surface area contributed by atoms with E-state index in [1.807, 2.05) is 24.3 Å². The molecular formula is C16H23NO3. The highest BCUT2D eigenvalue weighted by Crippen LogP contribution is 2.43. The van der Waals surface area contributed by atoms with Crippen LogP contribution in [0, 0.1) is 0 Å². The molecule has 0 spiro atoms. The lowest BCUT2D eigenvalue weighted by Crippen LogP contribution is -2.53. The van der Waals surface area contributed by atoms with Gasteiger partial charge in [-0.15, -0.1) is 0 Å². The number of benzene rings is 1. The van der Waals surface area contributed by atoms with E-state index >= 15 is 0 Å². The van der Waals surface area contributed by atoms with Gasteiger partial charge < -0.3 is 20.3 Å². The fourth-order valence-electron chi connectivity index (χ4n) is 3.54. The van der Waals surface area contributed by atoms with Crippen LogP contribution in [0.15, 0.2) is 24.3 Å². The summed E-state index contributed by atoms with van der Waals surface area (Å²) in [6.07, 6.45) is 2.14. The van der Waals surface area contributed by atoms with Crippen molar-refractivity contribution in [1.82, 2.24) is 0 Å². The molecule has 1 aromatic rings. The van der Waals surface area contributed by atoms with E-state index in [4.69, 9.17) is 15.2 Å². The Morgan fingerprint density at radius 3 is 2.90 bits per heavy atom. The van der Waals surface area contributed by atoms with E-state index in [1.165, 1.54) is 0 Å². The molecule has 0 bridgehead atoms. The average molecular weight is 277 g/mol. The second kappa shape index (κ2) is 5.35. The van der Waals surface area contributed by atoms with Gasteiger partial charge >= 0.3 is 0 Å². The third-order valence-corrected chi connectivity index (χ3v) is 4.78. The van der Waals surface area contributed by atoms with Crippen LogP contribution in [0.1, 0.15) is 31.7 Å². The lowest BCUT2D eigenvalue weighted by Gasteiger charge is -2.43. The highest BCUT2D eigenvalue weighted by atomic mass is 16.5. The number of hydrogen-bond donors (Lipinski definition) is 2. The Kier molecular flexibility index (Phi) is 3.71. The molecule has 4 atom stereocenters. The molecule has 1 aromatic carbocycles. The molecule has 3 N–H and O–H groups in total. The van der Waals surface area contributed by atoms with Crippen LogP contribution >= 0.6 is 0 Å². The molecule has 2 aliphatic heterocycles. The molecule has 1 fully saturated rings. The number of ether oxygens (including phenoxy) is 2. The number of aliphatic hydroxyl groups is 1. The second-order valence-electron chi connectivity index (χ2n) is 5.96. The van der Waals surface area contributed by atoms with Crippen molar-refractivity contribution in [1.29, 1.82) is 0 Å². The van der Waals surface area contributed by atoms with E-state index in [0.29, 0.717) is 13.2 Å². The largest absolute Gasteiger partial charge is 0.493 e. The third kappa shape index (κ3) is 2.12. The number of nitrogens with two attached hydrogens (primary N) is 1. The van der Waals surface area contributed by atoms with Crippen molar-refractivity contribution in [2.75, 3.05) is 13.2 Å². The average Bonchev–Trinajstić information content (AvgIpc) is 2.92. The van der Waals surface area contributed by atoms with Crippen molar-refractivity contribution in [2.24, 2.45) is 5.73 Å². The molecule has 2 heterocycles. The number of aliphatic hydroxyl groups excluding tert-OH is 1. The van der Waals surface area contributed by atoms with Crippen LogP contribution in [0.5, 0.6) is 5.75 Å². The highest BCUT2D eigenvalue weighted by Gasteiger charge is 2.47. The molecule has 0 radical (unpaired) electrons. The summed E-state index contributed by atoms with van der Waals surface area (Å²) < 4.78 is 11.6. The summed E-state index contributed by atoms with van der Waals surface area (Å²) in [5.41, 5.74) is 6.65. The summed E-state index contributed by atoms with van der Waals surface area (Å²) in [5, 5.41) is 10.9. The summed E-state index contributed by atoms with van der Waals surface area (Å²) in [7, 11) is 0. The monoisotopic (exact) mass is 277 g/mol. The number of hydrogen-bond acceptors (Lipinski definition) is 4. The summed E-state index contributed by atoms with van der Waals surface area (Å²) in [5.74, 6) is 0.842. The zero-order chi connectivity index (χ0) is 14.2. The van der Waals surface area contributed by atoms with Gasteiger partial charge in [0.2, 0.25) is 0 Å². The van der Waals surface area contributed by atoms with Crippen LogP contribution in [0.25, 0.3) is 0 Å². The maximum atomic E-state index is 10.9.